The van der Waals surface area contributed by atoms with Crippen molar-refractivity contribution in [2.75, 3.05) is 0 Å². The molecular weight excluding hydrogens is 236 g/mol. The molecule has 0 unspecified atom stereocenters. The number of unbranched alkanes of at least 4 members (excludes halogenated alkanes) is 1. The number of rotatable bonds is 5. The lowest BCUT2D eigenvalue weighted by atomic mass is 9.98. The van der Waals surface area contributed by atoms with Crippen LogP contribution in [-0.2, 0) is 19.3 Å². The number of carbonyl (C=O) groups excluding carboxylic acids is 1. The quantitative estimate of drug-likeness (QED) is 0.833. The predicted molar refractivity (Wildman–Crippen MR) is 74.3 cm³/mol. The first kappa shape index (κ1) is 12.2. The van der Waals surface area contributed by atoms with Crippen molar-refractivity contribution in [2.45, 2.75) is 38.5 Å². The maximum absolute atomic E-state index is 11.9. The summed E-state index contributed by atoms with van der Waals surface area (Å²) in [6.45, 7) is 0. The number of fused-ring (bicyclic) bond motifs is 1. The molecule has 0 bridgehead atoms. The van der Waals surface area contributed by atoms with E-state index in [1.807, 2.05) is 6.20 Å². The number of carbonyl (C=O) groups is 1. The summed E-state index contributed by atoms with van der Waals surface area (Å²) >= 11 is 0. The highest BCUT2D eigenvalue weighted by atomic mass is 16.1. The molecule has 1 heterocycles. The molecule has 0 aliphatic heterocycles. The fraction of sp³-hybridized carbons (Fsp3) is 0.375. The number of aromatic amines is 1. The minimum atomic E-state index is 0.330. The molecule has 2 aromatic rings. The van der Waals surface area contributed by atoms with Crippen LogP contribution in [0.2, 0.25) is 0 Å². The minimum Gasteiger partial charge on any atom is -0.349 e. The van der Waals surface area contributed by atoms with Gasteiger partial charge in [0.2, 0.25) is 0 Å². The second-order valence-corrected chi connectivity index (χ2v) is 5.12. The van der Waals surface area contributed by atoms with E-state index in [2.05, 4.69) is 28.2 Å². The molecule has 1 aromatic carbocycles. The Labute approximate surface area is 113 Å². The van der Waals surface area contributed by atoms with Crippen LogP contribution in [0.15, 0.2) is 30.6 Å². The van der Waals surface area contributed by atoms with Crippen LogP contribution in [0, 0.1) is 0 Å². The van der Waals surface area contributed by atoms with Crippen LogP contribution in [0.5, 0.6) is 0 Å². The van der Waals surface area contributed by atoms with Crippen molar-refractivity contribution >= 4 is 5.78 Å². The van der Waals surface area contributed by atoms with Crippen molar-refractivity contribution < 1.29 is 4.79 Å². The predicted octanol–water partition coefficient (Wildman–Crippen LogP) is 3.10. The minimum absolute atomic E-state index is 0.330. The summed E-state index contributed by atoms with van der Waals surface area (Å²) in [5, 5.41) is 0. The second kappa shape index (κ2) is 5.39. The van der Waals surface area contributed by atoms with Gasteiger partial charge in [-0.1, -0.05) is 18.2 Å². The van der Waals surface area contributed by atoms with Crippen molar-refractivity contribution in [3.63, 3.8) is 0 Å². The highest BCUT2D eigenvalue weighted by molar-refractivity contribution is 6.01. The molecule has 19 heavy (non-hydrogen) atoms. The lowest BCUT2D eigenvalue weighted by molar-refractivity contribution is 0.0994. The third kappa shape index (κ3) is 2.60. The summed E-state index contributed by atoms with van der Waals surface area (Å²) in [7, 11) is 0. The molecule has 0 atom stereocenters. The van der Waals surface area contributed by atoms with E-state index in [0.29, 0.717) is 12.2 Å². The van der Waals surface area contributed by atoms with E-state index < -0.39 is 0 Å². The first-order valence-corrected chi connectivity index (χ1v) is 6.97. The number of imidazole rings is 1. The Bertz CT molecular complexity index is 572. The molecule has 98 valence electrons. The summed E-state index contributed by atoms with van der Waals surface area (Å²) in [6.07, 6.45) is 9.45. The van der Waals surface area contributed by atoms with Crippen LogP contribution in [0.1, 0.15) is 46.6 Å². The van der Waals surface area contributed by atoms with Crippen molar-refractivity contribution in [1.82, 2.24) is 9.97 Å². The van der Waals surface area contributed by atoms with Gasteiger partial charge in [-0.3, -0.25) is 4.79 Å². The highest BCUT2D eigenvalue weighted by Gasteiger charge is 2.21. The van der Waals surface area contributed by atoms with E-state index >= 15 is 0 Å². The average molecular weight is 254 g/mol. The van der Waals surface area contributed by atoms with Gasteiger partial charge < -0.3 is 4.98 Å². The highest BCUT2D eigenvalue weighted by Crippen LogP contribution is 2.26. The third-order valence-electron chi connectivity index (χ3n) is 3.80. The average Bonchev–Trinajstić information content (AvgIpc) is 3.05. The number of Topliss-reactive ketones (excluding diaryl/α,β-unsaturated/α-hetero) is 1. The molecule has 1 aliphatic carbocycles. The molecular formula is C16H18N2O. The smallest absolute Gasteiger partial charge is 0.163 e. The van der Waals surface area contributed by atoms with Gasteiger partial charge in [-0.25, -0.2) is 4.98 Å². The lowest BCUT2D eigenvalue weighted by Gasteiger charge is -2.07. The normalized spacial score (nSPS) is 13.8. The van der Waals surface area contributed by atoms with E-state index in [4.69, 9.17) is 0 Å². The molecule has 0 saturated carbocycles. The molecule has 0 amide bonds. The monoisotopic (exact) mass is 254 g/mol. The van der Waals surface area contributed by atoms with Crippen LogP contribution < -0.4 is 0 Å². The second-order valence-electron chi connectivity index (χ2n) is 5.12. The van der Waals surface area contributed by atoms with Crippen LogP contribution in [0.3, 0.4) is 0 Å². The van der Waals surface area contributed by atoms with Crippen LogP contribution in [-0.4, -0.2) is 15.8 Å². The number of aryl methyl sites for hydroxylation is 3. The molecule has 3 rings (SSSR count). The van der Waals surface area contributed by atoms with Crippen molar-refractivity contribution in [2.24, 2.45) is 0 Å². The first-order valence-electron chi connectivity index (χ1n) is 6.97. The summed E-state index contributed by atoms with van der Waals surface area (Å²) in [6, 6.07) is 6.28. The Hall–Kier alpha value is -1.90. The Balaban J connectivity index is 1.59. The zero-order valence-corrected chi connectivity index (χ0v) is 11.0. The molecule has 1 aromatic heterocycles. The SMILES string of the molecule is O=C1CCc2cccc(CCCCc3ncc[nH]3)c21. The summed E-state index contributed by atoms with van der Waals surface area (Å²) in [4.78, 5) is 19.2. The van der Waals surface area contributed by atoms with E-state index in [-0.39, 0.29) is 0 Å². The number of benzene rings is 1. The fourth-order valence-electron chi connectivity index (χ4n) is 2.84. The fourth-order valence-corrected chi connectivity index (χ4v) is 2.84. The lowest BCUT2D eigenvalue weighted by Crippen LogP contribution is -2.00. The van der Waals surface area contributed by atoms with Crippen molar-refractivity contribution in [3.05, 3.63) is 53.1 Å². The molecule has 3 nitrogen and oxygen atoms in total. The van der Waals surface area contributed by atoms with Crippen molar-refractivity contribution in [3.8, 4) is 0 Å². The summed E-state index contributed by atoms with van der Waals surface area (Å²) in [5.74, 6) is 1.38. The third-order valence-corrected chi connectivity index (χ3v) is 3.80. The number of aromatic nitrogens is 2. The Morgan fingerprint density at radius 2 is 2.05 bits per heavy atom. The van der Waals surface area contributed by atoms with E-state index in [9.17, 15) is 4.79 Å². The summed E-state index contributed by atoms with van der Waals surface area (Å²) < 4.78 is 0. The van der Waals surface area contributed by atoms with Gasteiger partial charge in [0.15, 0.2) is 5.78 Å². The van der Waals surface area contributed by atoms with Gasteiger partial charge in [-0.2, -0.15) is 0 Å². The van der Waals surface area contributed by atoms with E-state index in [1.54, 1.807) is 6.20 Å². The van der Waals surface area contributed by atoms with Crippen LogP contribution in [0.4, 0.5) is 0 Å². The number of H-pyrrole nitrogens is 1. The maximum Gasteiger partial charge on any atom is 0.163 e. The van der Waals surface area contributed by atoms with Gasteiger partial charge in [0.25, 0.3) is 0 Å². The molecule has 0 saturated heterocycles. The molecule has 0 spiro atoms. The largest absolute Gasteiger partial charge is 0.349 e. The molecule has 1 aliphatic rings. The summed E-state index contributed by atoms with van der Waals surface area (Å²) in [5.41, 5.74) is 3.49. The van der Waals surface area contributed by atoms with Crippen LogP contribution >= 0.6 is 0 Å². The van der Waals surface area contributed by atoms with Gasteiger partial charge in [0, 0.05) is 30.8 Å². The number of nitrogens with one attached hydrogen (secondary N) is 1. The number of hydrogen-bond donors (Lipinski definition) is 1. The van der Waals surface area contributed by atoms with E-state index in [1.165, 1.54) is 11.1 Å². The van der Waals surface area contributed by atoms with Gasteiger partial charge in [0.1, 0.15) is 5.82 Å². The molecule has 3 heteroatoms. The standard InChI is InChI=1S/C16H18N2O/c19-14-9-8-13-6-3-5-12(16(13)14)4-1-2-7-15-17-10-11-18-15/h3,5-6,10-11H,1-2,4,7-9H2,(H,17,18). The maximum atomic E-state index is 11.9. The Kier molecular flexibility index (Phi) is 3.45. The molecule has 0 fully saturated rings. The Morgan fingerprint density at radius 1 is 1.16 bits per heavy atom. The van der Waals surface area contributed by atoms with Gasteiger partial charge >= 0.3 is 0 Å². The zero-order chi connectivity index (χ0) is 13.1. The molecule has 0 radical (unpaired) electrons. The zero-order valence-electron chi connectivity index (χ0n) is 11.0. The van der Waals surface area contributed by atoms with Gasteiger partial charge in [0.05, 0.1) is 0 Å². The molecule has 1 N–H and O–H groups in total. The number of hydrogen-bond acceptors (Lipinski definition) is 2. The first-order chi connectivity index (χ1) is 9.34. The topological polar surface area (TPSA) is 45.8 Å². The number of ketones is 1. The van der Waals surface area contributed by atoms with Crippen LogP contribution in [0.25, 0.3) is 0 Å². The van der Waals surface area contributed by atoms with E-state index in [0.717, 1.165) is 43.5 Å². The van der Waals surface area contributed by atoms with Crippen molar-refractivity contribution in [1.29, 1.82) is 0 Å². The van der Waals surface area contributed by atoms with Gasteiger partial charge in [-0.15, -0.1) is 0 Å². The Morgan fingerprint density at radius 3 is 2.89 bits per heavy atom. The number of nitrogens with zero attached hydrogens (tertiary/aromatic N) is 1. The van der Waals surface area contributed by atoms with Gasteiger partial charge in [-0.05, 0) is 36.8 Å².